The molecule has 0 aromatic carbocycles. The van der Waals surface area contributed by atoms with E-state index in [0.717, 1.165) is 12.0 Å². The van der Waals surface area contributed by atoms with Gasteiger partial charge in [0.1, 0.15) is 0 Å². The zero-order chi connectivity index (χ0) is 17.5. The van der Waals surface area contributed by atoms with E-state index < -0.39 is 0 Å². The molecule has 0 amide bonds. The summed E-state index contributed by atoms with van der Waals surface area (Å²) in [6.07, 6.45) is 20.3. The quantitative estimate of drug-likeness (QED) is 0.468. The second kappa shape index (κ2) is 9.08. The average Bonchev–Trinajstić information content (AvgIpc) is 2.68. The minimum Gasteiger partial charge on any atom is -0.275 e. The number of nitrogens with one attached hydrogen (secondary N) is 2. The number of guanidine groups is 1. The van der Waals surface area contributed by atoms with Crippen LogP contribution in [0, 0.1) is 11.3 Å². The Bertz CT molecular complexity index is 547. The summed E-state index contributed by atoms with van der Waals surface area (Å²) in [7, 11) is 2.18. The summed E-state index contributed by atoms with van der Waals surface area (Å²) in [6, 6.07) is 3.76. The van der Waals surface area contributed by atoms with E-state index in [1.165, 1.54) is 70.2 Å². The van der Waals surface area contributed by atoms with E-state index in [0.29, 0.717) is 18.1 Å². The highest BCUT2D eigenvalue weighted by Gasteiger charge is 2.26. The molecule has 2 fully saturated rings. The highest BCUT2D eigenvalue weighted by molar-refractivity contribution is 5.75. The zero-order valence-corrected chi connectivity index (χ0v) is 15.6. The predicted molar refractivity (Wildman–Crippen MR) is 102 cm³/mol. The van der Waals surface area contributed by atoms with Crippen LogP contribution in [0.5, 0.6) is 0 Å². The Hall–Kier alpha value is -1.76. The van der Waals surface area contributed by atoms with Crippen molar-refractivity contribution in [3.05, 3.63) is 23.8 Å². The van der Waals surface area contributed by atoms with Crippen molar-refractivity contribution >= 4 is 5.96 Å². The third-order valence-electron chi connectivity index (χ3n) is 5.95. The van der Waals surface area contributed by atoms with E-state index in [2.05, 4.69) is 40.5 Å². The fourth-order valence-corrected chi connectivity index (χ4v) is 4.27. The minimum atomic E-state index is 0.319. The van der Waals surface area contributed by atoms with Crippen molar-refractivity contribution in [1.29, 1.82) is 5.26 Å². The van der Waals surface area contributed by atoms with E-state index >= 15 is 0 Å². The van der Waals surface area contributed by atoms with Gasteiger partial charge in [-0.3, -0.25) is 15.2 Å². The maximum Gasteiger partial charge on any atom is 0.346 e. The first kappa shape index (κ1) is 18.0. The van der Waals surface area contributed by atoms with Crippen LogP contribution in [-0.4, -0.2) is 35.7 Å². The Labute approximate surface area is 152 Å². The Balaban J connectivity index is 1.72. The van der Waals surface area contributed by atoms with Gasteiger partial charge in [0.25, 0.3) is 0 Å². The van der Waals surface area contributed by atoms with Crippen LogP contribution in [0.15, 0.2) is 23.8 Å². The minimum absolute atomic E-state index is 0.319. The number of nitrogens with zero attached hydrogens (tertiary/aromatic N) is 2. The summed E-state index contributed by atoms with van der Waals surface area (Å²) >= 11 is 0. The van der Waals surface area contributed by atoms with Crippen molar-refractivity contribution in [1.82, 2.24) is 10.6 Å². The fraction of sp³-hybridized carbons (Fsp3) is 0.714. The van der Waals surface area contributed by atoms with Gasteiger partial charge in [-0.25, -0.2) is 0 Å². The molecule has 0 aromatic heterocycles. The Morgan fingerprint density at radius 1 is 1.00 bits per heavy atom. The van der Waals surface area contributed by atoms with Gasteiger partial charge in [-0.2, -0.15) is 5.26 Å². The van der Waals surface area contributed by atoms with Crippen LogP contribution in [0.1, 0.15) is 70.6 Å². The maximum absolute atomic E-state index is 9.04. The van der Waals surface area contributed by atoms with Gasteiger partial charge in [0.05, 0.1) is 31.2 Å². The summed E-state index contributed by atoms with van der Waals surface area (Å²) < 4.78 is 2.35. The van der Waals surface area contributed by atoms with Crippen molar-refractivity contribution in [3.8, 4) is 6.07 Å². The second-order valence-corrected chi connectivity index (χ2v) is 7.85. The molecule has 1 unspecified atom stereocenters. The van der Waals surface area contributed by atoms with Crippen LogP contribution in [-0.2, 0) is 0 Å². The molecule has 4 heteroatoms. The van der Waals surface area contributed by atoms with Crippen molar-refractivity contribution < 1.29 is 4.58 Å². The molecular formula is C21H33N4+. The van der Waals surface area contributed by atoms with E-state index in [4.69, 9.17) is 5.26 Å². The van der Waals surface area contributed by atoms with E-state index in [-0.39, 0.29) is 0 Å². The van der Waals surface area contributed by atoms with Crippen LogP contribution < -0.4 is 10.6 Å². The molecule has 3 aliphatic rings. The second-order valence-electron chi connectivity index (χ2n) is 7.85. The molecule has 136 valence electrons. The molecule has 0 radical (unpaired) electrons. The Morgan fingerprint density at radius 3 is 2.00 bits per heavy atom. The average molecular weight is 342 g/mol. The first-order chi connectivity index (χ1) is 12.3. The maximum atomic E-state index is 9.04. The molecule has 0 aromatic rings. The number of rotatable bonds is 3. The van der Waals surface area contributed by atoms with E-state index in [9.17, 15) is 0 Å². The Morgan fingerprint density at radius 2 is 1.56 bits per heavy atom. The number of likely N-dealkylation sites (N-methyl/N-ethyl adjacent to an activating group) is 1. The standard InChI is InChI=1S/C21H32N4/c1-25(20-14-12-17(16-22)13-15-20)21(23-18-8-4-2-5-9-18)24-19-10-6-3-7-11-19/h12-14,18-20H,2-11,15H2,1H3,(H,23,24)/p+1. The van der Waals surface area contributed by atoms with Crippen LogP contribution in [0.2, 0.25) is 0 Å². The summed E-state index contributed by atoms with van der Waals surface area (Å²) in [5, 5.41) is 16.7. The molecule has 0 bridgehead atoms. The highest BCUT2D eigenvalue weighted by atomic mass is 15.3. The first-order valence-electron chi connectivity index (χ1n) is 10.2. The Kier molecular flexibility index (Phi) is 6.55. The van der Waals surface area contributed by atoms with E-state index in [1.807, 2.05) is 6.08 Å². The molecule has 1 atom stereocenters. The van der Waals surface area contributed by atoms with Gasteiger partial charge in [-0.1, -0.05) is 44.6 Å². The molecule has 3 aliphatic carbocycles. The normalized spacial score (nSPS) is 25.0. The molecule has 2 saturated carbocycles. The molecule has 2 N–H and O–H groups in total. The van der Waals surface area contributed by atoms with Gasteiger partial charge in [0.2, 0.25) is 0 Å². The lowest BCUT2D eigenvalue weighted by molar-refractivity contribution is -0.529. The third kappa shape index (κ3) is 5.11. The monoisotopic (exact) mass is 341 g/mol. The van der Waals surface area contributed by atoms with Crippen LogP contribution in [0.4, 0.5) is 0 Å². The van der Waals surface area contributed by atoms with Crippen molar-refractivity contribution in [2.45, 2.75) is 88.8 Å². The van der Waals surface area contributed by atoms with Crippen LogP contribution in [0.3, 0.4) is 0 Å². The van der Waals surface area contributed by atoms with Gasteiger partial charge in [0, 0.05) is 12.0 Å². The molecule has 0 saturated heterocycles. The van der Waals surface area contributed by atoms with Gasteiger partial charge in [-0.15, -0.1) is 0 Å². The van der Waals surface area contributed by atoms with Crippen LogP contribution >= 0.6 is 0 Å². The fourth-order valence-electron chi connectivity index (χ4n) is 4.27. The highest BCUT2D eigenvalue weighted by Crippen LogP contribution is 2.20. The molecule has 4 nitrogen and oxygen atoms in total. The molecule has 0 aliphatic heterocycles. The van der Waals surface area contributed by atoms with E-state index in [1.54, 1.807) is 0 Å². The SMILES string of the molecule is C[N+](=C(NC1CCCCC1)NC1CCCCC1)C1C=CC(C#N)=CC1. The van der Waals surface area contributed by atoms with Gasteiger partial charge in [0.15, 0.2) is 0 Å². The molecule has 3 rings (SSSR count). The summed E-state index contributed by atoms with van der Waals surface area (Å²) in [6.45, 7) is 0. The molecule has 25 heavy (non-hydrogen) atoms. The first-order valence-corrected chi connectivity index (χ1v) is 10.2. The lowest BCUT2D eigenvalue weighted by Gasteiger charge is -2.27. The molecule has 0 spiro atoms. The van der Waals surface area contributed by atoms with Gasteiger partial charge in [-0.05, 0) is 37.8 Å². The molecular weight excluding hydrogens is 308 g/mol. The van der Waals surface area contributed by atoms with Crippen molar-refractivity contribution in [3.63, 3.8) is 0 Å². The molecule has 0 heterocycles. The number of hydrogen-bond donors (Lipinski definition) is 2. The van der Waals surface area contributed by atoms with Crippen molar-refractivity contribution in [2.75, 3.05) is 7.05 Å². The smallest absolute Gasteiger partial charge is 0.275 e. The lowest BCUT2D eigenvalue weighted by Crippen LogP contribution is -2.53. The number of nitriles is 1. The largest absolute Gasteiger partial charge is 0.346 e. The van der Waals surface area contributed by atoms with Gasteiger partial charge < -0.3 is 0 Å². The summed E-state index contributed by atoms with van der Waals surface area (Å²) in [5.74, 6) is 1.20. The van der Waals surface area contributed by atoms with Gasteiger partial charge >= 0.3 is 5.96 Å². The lowest BCUT2D eigenvalue weighted by atomic mass is 9.95. The van der Waals surface area contributed by atoms with Crippen LogP contribution in [0.25, 0.3) is 0 Å². The predicted octanol–water partition coefficient (Wildman–Crippen LogP) is 3.61. The topological polar surface area (TPSA) is 50.9 Å². The number of allylic oxidation sites excluding steroid dienone is 2. The summed E-state index contributed by atoms with van der Waals surface area (Å²) in [5.41, 5.74) is 0.784. The zero-order valence-electron chi connectivity index (χ0n) is 15.6. The third-order valence-corrected chi connectivity index (χ3v) is 5.95. The summed E-state index contributed by atoms with van der Waals surface area (Å²) in [4.78, 5) is 0. The number of hydrogen-bond acceptors (Lipinski definition) is 1. The van der Waals surface area contributed by atoms with Crippen molar-refractivity contribution in [2.24, 2.45) is 0 Å².